The maximum atomic E-state index is 7.06. The summed E-state index contributed by atoms with van der Waals surface area (Å²) < 4.78 is 0. The number of hydrogen-bond acceptors (Lipinski definition) is 2. The van der Waals surface area contributed by atoms with Crippen molar-refractivity contribution in [3.05, 3.63) is 11.3 Å². The number of hydrogen-bond donors (Lipinski definition) is 2. The van der Waals surface area contributed by atoms with Gasteiger partial charge in [0, 0.05) is 17.5 Å². The van der Waals surface area contributed by atoms with Gasteiger partial charge in [-0.3, -0.25) is 10.4 Å². The molecule has 0 unspecified atom stereocenters. The molecule has 0 radical (unpaired) electrons. The van der Waals surface area contributed by atoms with Gasteiger partial charge in [-0.2, -0.15) is 0 Å². The largest absolute Gasteiger partial charge is 0.384 e. The first-order chi connectivity index (χ1) is 4.59. The number of nitrogens with zero attached hydrogens (tertiary/aromatic N) is 1. The van der Waals surface area contributed by atoms with Gasteiger partial charge < -0.3 is 5.73 Å². The zero-order chi connectivity index (χ0) is 8.15. The van der Waals surface area contributed by atoms with Gasteiger partial charge in [-0.05, 0) is 20.8 Å². The molecule has 0 saturated heterocycles. The van der Waals surface area contributed by atoms with E-state index in [0.717, 1.165) is 11.3 Å². The SMILES string of the molecule is CC=N/C(C)=C(/C)C(=N)N. The first-order valence-corrected chi connectivity index (χ1v) is 3.10. The molecule has 0 atom stereocenters. The third-order valence-electron chi connectivity index (χ3n) is 1.27. The Kier molecular flexibility index (Phi) is 3.39. The van der Waals surface area contributed by atoms with Crippen molar-refractivity contribution in [2.24, 2.45) is 10.7 Å². The summed E-state index contributed by atoms with van der Waals surface area (Å²) in [5, 5.41) is 7.06. The molecule has 0 bridgehead atoms. The molecule has 0 saturated carbocycles. The zero-order valence-electron chi connectivity index (χ0n) is 6.60. The van der Waals surface area contributed by atoms with Crippen molar-refractivity contribution in [3.63, 3.8) is 0 Å². The van der Waals surface area contributed by atoms with Crippen molar-refractivity contribution in [1.29, 1.82) is 5.41 Å². The summed E-state index contributed by atoms with van der Waals surface area (Å²) in [7, 11) is 0. The number of nitrogens with one attached hydrogen (secondary N) is 1. The Balaban J connectivity index is 4.50. The molecule has 0 rings (SSSR count). The minimum absolute atomic E-state index is 0.0862. The fraction of sp³-hybridized carbons (Fsp3) is 0.429. The Morgan fingerprint density at radius 1 is 1.50 bits per heavy atom. The second-order valence-electron chi connectivity index (χ2n) is 2.01. The molecule has 3 nitrogen and oxygen atoms in total. The number of nitrogens with two attached hydrogens (primary N) is 1. The van der Waals surface area contributed by atoms with Crippen LogP contribution in [0.5, 0.6) is 0 Å². The van der Waals surface area contributed by atoms with E-state index in [4.69, 9.17) is 11.1 Å². The van der Waals surface area contributed by atoms with E-state index in [0.29, 0.717) is 0 Å². The van der Waals surface area contributed by atoms with Gasteiger partial charge in [-0.25, -0.2) is 0 Å². The Morgan fingerprint density at radius 2 is 2.00 bits per heavy atom. The summed E-state index contributed by atoms with van der Waals surface area (Å²) in [6, 6.07) is 0. The van der Waals surface area contributed by atoms with Gasteiger partial charge in [-0.15, -0.1) is 0 Å². The van der Waals surface area contributed by atoms with Crippen molar-refractivity contribution in [2.45, 2.75) is 20.8 Å². The lowest BCUT2D eigenvalue weighted by molar-refractivity contribution is 1.23. The van der Waals surface area contributed by atoms with Gasteiger partial charge >= 0.3 is 0 Å². The van der Waals surface area contributed by atoms with Gasteiger partial charge in [-0.1, -0.05) is 0 Å². The second kappa shape index (κ2) is 3.82. The van der Waals surface area contributed by atoms with Crippen LogP contribution in [0, 0.1) is 5.41 Å². The van der Waals surface area contributed by atoms with Crippen LogP contribution in [-0.2, 0) is 0 Å². The lowest BCUT2D eigenvalue weighted by atomic mass is 10.2. The average Bonchev–Trinajstić information content (AvgIpc) is 1.87. The zero-order valence-corrected chi connectivity index (χ0v) is 6.60. The van der Waals surface area contributed by atoms with Crippen molar-refractivity contribution < 1.29 is 0 Å². The average molecular weight is 139 g/mol. The first kappa shape index (κ1) is 8.88. The molecule has 0 aliphatic heterocycles. The Hall–Kier alpha value is -1.12. The molecule has 0 heterocycles. The number of aliphatic imine (C=N–C) groups is 1. The molecule has 0 aliphatic rings. The number of rotatable bonds is 2. The third-order valence-corrected chi connectivity index (χ3v) is 1.27. The lowest BCUT2D eigenvalue weighted by Crippen LogP contribution is -2.11. The molecule has 0 aromatic carbocycles. The maximum absolute atomic E-state index is 7.06. The summed E-state index contributed by atoms with van der Waals surface area (Å²) in [6.07, 6.45) is 1.68. The van der Waals surface area contributed by atoms with Gasteiger partial charge in [0.2, 0.25) is 0 Å². The quantitative estimate of drug-likeness (QED) is 0.439. The minimum Gasteiger partial charge on any atom is -0.384 e. The molecule has 10 heavy (non-hydrogen) atoms. The van der Waals surface area contributed by atoms with Crippen molar-refractivity contribution >= 4 is 12.1 Å². The van der Waals surface area contributed by atoms with E-state index in [1.165, 1.54) is 0 Å². The van der Waals surface area contributed by atoms with Gasteiger partial charge in [0.25, 0.3) is 0 Å². The van der Waals surface area contributed by atoms with Crippen LogP contribution in [0.2, 0.25) is 0 Å². The molecule has 56 valence electrons. The molecular formula is C7H13N3. The predicted molar refractivity (Wildman–Crippen MR) is 44.5 cm³/mol. The van der Waals surface area contributed by atoms with Crippen molar-refractivity contribution in [2.75, 3.05) is 0 Å². The highest BCUT2D eigenvalue weighted by Gasteiger charge is 1.95. The summed E-state index contributed by atoms with van der Waals surface area (Å²) in [5.74, 6) is 0.0862. The van der Waals surface area contributed by atoms with Crippen LogP contribution < -0.4 is 5.73 Å². The fourth-order valence-electron chi connectivity index (χ4n) is 0.485. The van der Waals surface area contributed by atoms with Gasteiger partial charge in [0.15, 0.2) is 0 Å². The highest BCUT2D eigenvalue weighted by Crippen LogP contribution is 2.02. The molecule has 0 fully saturated rings. The van der Waals surface area contributed by atoms with E-state index in [-0.39, 0.29) is 5.84 Å². The van der Waals surface area contributed by atoms with Crippen LogP contribution in [0.25, 0.3) is 0 Å². The van der Waals surface area contributed by atoms with Gasteiger partial charge in [0.1, 0.15) is 5.84 Å². The Labute approximate surface area is 61.2 Å². The number of amidine groups is 1. The molecule has 0 amide bonds. The van der Waals surface area contributed by atoms with E-state index in [2.05, 4.69) is 4.99 Å². The summed E-state index contributed by atoms with van der Waals surface area (Å²) >= 11 is 0. The smallest absolute Gasteiger partial charge is 0.120 e. The maximum Gasteiger partial charge on any atom is 0.120 e. The van der Waals surface area contributed by atoms with E-state index in [1.54, 1.807) is 13.1 Å². The number of allylic oxidation sites excluding steroid dienone is 1. The molecular weight excluding hydrogens is 126 g/mol. The fourth-order valence-corrected chi connectivity index (χ4v) is 0.485. The minimum atomic E-state index is 0.0862. The Bertz CT molecular complexity index is 189. The lowest BCUT2D eigenvalue weighted by Gasteiger charge is -1.98. The predicted octanol–water partition coefficient (Wildman–Crippen LogP) is 1.31. The van der Waals surface area contributed by atoms with E-state index in [1.807, 2.05) is 13.8 Å². The normalized spacial score (nSPS) is 13.5. The van der Waals surface area contributed by atoms with Crippen LogP contribution in [0.15, 0.2) is 16.3 Å². The van der Waals surface area contributed by atoms with Crippen LogP contribution >= 0.6 is 0 Å². The van der Waals surface area contributed by atoms with Crippen molar-refractivity contribution in [3.8, 4) is 0 Å². The first-order valence-electron chi connectivity index (χ1n) is 3.10. The van der Waals surface area contributed by atoms with E-state index >= 15 is 0 Å². The second-order valence-corrected chi connectivity index (χ2v) is 2.01. The van der Waals surface area contributed by atoms with Crippen LogP contribution in [0.3, 0.4) is 0 Å². The molecule has 3 heteroatoms. The standard InChI is InChI=1S/C7H13N3/c1-4-10-6(3)5(2)7(8)9/h4H,1-3H3,(H3,8,9)/b6-5-,10-4?. The molecule has 0 aliphatic carbocycles. The molecule has 0 spiro atoms. The highest BCUT2D eigenvalue weighted by atomic mass is 14.8. The third kappa shape index (κ3) is 2.44. The van der Waals surface area contributed by atoms with Crippen LogP contribution in [-0.4, -0.2) is 12.1 Å². The van der Waals surface area contributed by atoms with Crippen LogP contribution in [0.1, 0.15) is 20.8 Å². The summed E-state index contributed by atoms with van der Waals surface area (Å²) in [4.78, 5) is 3.98. The van der Waals surface area contributed by atoms with Crippen molar-refractivity contribution in [1.82, 2.24) is 0 Å². The van der Waals surface area contributed by atoms with E-state index in [9.17, 15) is 0 Å². The molecule has 3 N–H and O–H groups in total. The summed E-state index contributed by atoms with van der Waals surface area (Å²) in [5.41, 5.74) is 6.75. The molecule has 0 aromatic rings. The molecule has 0 aromatic heterocycles. The van der Waals surface area contributed by atoms with E-state index < -0.39 is 0 Å². The van der Waals surface area contributed by atoms with Gasteiger partial charge in [0.05, 0.1) is 0 Å². The summed E-state index contributed by atoms with van der Waals surface area (Å²) in [6.45, 7) is 5.44. The van der Waals surface area contributed by atoms with Crippen LogP contribution in [0.4, 0.5) is 0 Å². The topological polar surface area (TPSA) is 62.2 Å². The Morgan fingerprint density at radius 3 is 2.30 bits per heavy atom. The monoisotopic (exact) mass is 139 g/mol. The highest BCUT2D eigenvalue weighted by molar-refractivity contribution is 5.94.